The molecule has 0 aliphatic heterocycles. The van der Waals surface area contributed by atoms with E-state index in [2.05, 4.69) is 20.6 Å². The van der Waals surface area contributed by atoms with Gasteiger partial charge in [0.2, 0.25) is 11.8 Å². The molecule has 4 N–H and O–H groups in total. The van der Waals surface area contributed by atoms with Gasteiger partial charge >= 0.3 is 0 Å². The van der Waals surface area contributed by atoms with Crippen LogP contribution < -0.4 is 10.6 Å². The molecule has 0 fully saturated rings. The number of H-pyrrole nitrogens is 1. The lowest BCUT2D eigenvalue weighted by molar-refractivity contribution is -0.134. The number of nitrogens with one attached hydrogen (secondary N) is 3. The second-order valence-corrected chi connectivity index (χ2v) is 9.01. The molecule has 0 bridgehead atoms. The summed E-state index contributed by atoms with van der Waals surface area (Å²) in [7, 11) is 0. The molecule has 7 nitrogen and oxygen atoms in total. The molecule has 4 aromatic rings. The topological polar surface area (TPSA) is 107 Å². The van der Waals surface area contributed by atoms with Crippen LogP contribution in [0.1, 0.15) is 16.7 Å². The number of hydrogen-bond donors (Lipinski definition) is 4. The molecular formula is C26H24Cl2N4O3. The number of aromatic amines is 1. The standard InChI is InChI=1S/C26H24Cl2N4O3/c27-20-7-6-17(11-21(20)28)12-22(32-26(35)23(33)13-16-4-2-1-3-5-16)25(34)31-15-18-10-19-8-9-29-24(19)30-14-18/h1-11,14,22-23,33H,12-13,15H2,(H,29,30)(H,31,34)(H,32,35)/t22-,23+/m0/s1. The zero-order valence-corrected chi connectivity index (χ0v) is 20.2. The largest absolute Gasteiger partial charge is 0.383 e. The Bertz CT molecular complexity index is 1330. The molecule has 180 valence electrons. The van der Waals surface area contributed by atoms with Crippen LogP contribution in [0.5, 0.6) is 0 Å². The zero-order valence-electron chi connectivity index (χ0n) is 18.7. The van der Waals surface area contributed by atoms with E-state index in [1.807, 2.05) is 42.5 Å². The van der Waals surface area contributed by atoms with E-state index >= 15 is 0 Å². The minimum Gasteiger partial charge on any atom is -0.383 e. The fourth-order valence-corrected chi connectivity index (χ4v) is 4.02. The van der Waals surface area contributed by atoms with E-state index in [1.54, 1.807) is 30.6 Å². The molecule has 2 amide bonds. The number of aliphatic hydroxyl groups is 1. The number of hydrogen-bond acceptors (Lipinski definition) is 4. The van der Waals surface area contributed by atoms with Crippen LogP contribution in [0.15, 0.2) is 73.1 Å². The molecule has 4 rings (SSSR count). The van der Waals surface area contributed by atoms with Crippen molar-refractivity contribution in [3.8, 4) is 0 Å². The summed E-state index contributed by atoms with van der Waals surface area (Å²) in [5, 5.41) is 17.7. The van der Waals surface area contributed by atoms with E-state index < -0.39 is 24.0 Å². The minimum atomic E-state index is -1.30. The predicted molar refractivity (Wildman–Crippen MR) is 136 cm³/mol. The number of rotatable bonds is 9. The Morgan fingerprint density at radius 3 is 2.49 bits per heavy atom. The van der Waals surface area contributed by atoms with Crippen LogP contribution in [0, 0.1) is 0 Å². The van der Waals surface area contributed by atoms with Gasteiger partial charge in [-0.3, -0.25) is 9.59 Å². The third kappa shape index (κ3) is 6.60. The van der Waals surface area contributed by atoms with Crippen molar-refractivity contribution in [2.45, 2.75) is 31.5 Å². The highest BCUT2D eigenvalue weighted by atomic mass is 35.5. The second-order valence-electron chi connectivity index (χ2n) is 8.20. The maximum atomic E-state index is 13.1. The van der Waals surface area contributed by atoms with Crippen LogP contribution in [-0.4, -0.2) is 39.0 Å². The number of carbonyl (C=O) groups excluding carboxylic acids is 2. The molecule has 0 spiro atoms. The van der Waals surface area contributed by atoms with E-state index in [4.69, 9.17) is 23.2 Å². The van der Waals surface area contributed by atoms with E-state index in [1.165, 1.54) is 0 Å². The van der Waals surface area contributed by atoms with Crippen molar-refractivity contribution in [1.29, 1.82) is 0 Å². The summed E-state index contributed by atoms with van der Waals surface area (Å²) in [5.74, 6) is -1.03. The number of fused-ring (bicyclic) bond motifs is 1. The summed E-state index contributed by atoms with van der Waals surface area (Å²) in [5.41, 5.74) is 3.10. The Balaban J connectivity index is 1.46. The van der Waals surface area contributed by atoms with Gasteiger partial charge in [0.25, 0.3) is 0 Å². The molecule has 0 aliphatic rings. The van der Waals surface area contributed by atoms with Crippen molar-refractivity contribution in [2.75, 3.05) is 0 Å². The fraction of sp³-hybridized carbons (Fsp3) is 0.192. The average molecular weight is 511 g/mol. The number of aliphatic hydroxyl groups excluding tert-OH is 1. The molecule has 0 aliphatic carbocycles. The highest BCUT2D eigenvalue weighted by Gasteiger charge is 2.25. The first-order chi connectivity index (χ1) is 16.9. The lowest BCUT2D eigenvalue weighted by Crippen LogP contribution is -2.51. The first-order valence-corrected chi connectivity index (χ1v) is 11.8. The van der Waals surface area contributed by atoms with Crippen molar-refractivity contribution in [3.05, 3.63) is 99.8 Å². The van der Waals surface area contributed by atoms with Crippen LogP contribution in [-0.2, 0) is 29.0 Å². The quantitative estimate of drug-likeness (QED) is 0.274. The van der Waals surface area contributed by atoms with Gasteiger partial charge in [0.1, 0.15) is 17.8 Å². The molecule has 2 aromatic carbocycles. The number of aromatic nitrogens is 2. The Labute approximate surface area is 212 Å². The number of amides is 2. The normalized spacial score (nSPS) is 12.8. The minimum absolute atomic E-state index is 0.135. The van der Waals surface area contributed by atoms with E-state index in [0.29, 0.717) is 15.6 Å². The summed E-state index contributed by atoms with van der Waals surface area (Å²) in [6, 6.07) is 17.1. The molecule has 0 radical (unpaired) electrons. The molecule has 9 heteroatoms. The van der Waals surface area contributed by atoms with Crippen LogP contribution in [0.3, 0.4) is 0 Å². The number of nitrogens with zero attached hydrogens (tertiary/aromatic N) is 1. The SMILES string of the molecule is O=C(N[C@@H](Cc1ccc(Cl)c(Cl)c1)C(=O)NCc1cnc2[nH]ccc2c1)[C@H](O)Cc1ccccc1. The number of halogens is 2. The van der Waals surface area contributed by atoms with Gasteiger partial charge in [-0.25, -0.2) is 4.98 Å². The van der Waals surface area contributed by atoms with Crippen molar-refractivity contribution in [3.63, 3.8) is 0 Å². The van der Waals surface area contributed by atoms with Gasteiger partial charge in [-0.2, -0.15) is 0 Å². The molecule has 2 heterocycles. The Morgan fingerprint density at radius 2 is 1.71 bits per heavy atom. The van der Waals surface area contributed by atoms with Crippen LogP contribution >= 0.6 is 23.2 Å². The maximum Gasteiger partial charge on any atom is 0.249 e. The number of pyridine rings is 1. The summed E-state index contributed by atoms with van der Waals surface area (Å²) in [4.78, 5) is 33.2. The van der Waals surface area contributed by atoms with Gasteiger partial charge in [-0.05, 0) is 41.0 Å². The summed E-state index contributed by atoms with van der Waals surface area (Å²) in [6.45, 7) is 0.229. The average Bonchev–Trinajstić information content (AvgIpc) is 3.33. The van der Waals surface area contributed by atoms with Gasteiger partial charge < -0.3 is 20.7 Å². The van der Waals surface area contributed by atoms with E-state index in [0.717, 1.165) is 22.2 Å². The fourth-order valence-electron chi connectivity index (χ4n) is 3.70. The van der Waals surface area contributed by atoms with Crippen LogP contribution in [0.4, 0.5) is 0 Å². The van der Waals surface area contributed by atoms with E-state index in [-0.39, 0.29) is 19.4 Å². The molecule has 0 saturated carbocycles. The van der Waals surface area contributed by atoms with Crippen molar-refractivity contribution < 1.29 is 14.7 Å². The predicted octanol–water partition coefficient (Wildman–Crippen LogP) is 3.82. The van der Waals surface area contributed by atoms with Crippen molar-refractivity contribution >= 4 is 46.0 Å². The van der Waals surface area contributed by atoms with Crippen molar-refractivity contribution in [1.82, 2.24) is 20.6 Å². The lowest BCUT2D eigenvalue weighted by atomic mass is 10.0. The monoisotopic (exact) mass is 510 g/mol. The Morgan fingerprint density at radius 1 is 0.914 bits per heavy atom. The summed E-state index contributed by atoms with van der Waals surface area (Å²) >= 11 is 12.1. The van der Waals surface area contributed by atoms with Gasteiger partial charge in [-0.1, -0.05) is 59.6 Å². The molecule has 0 unspecified atom stereocenters. The number of carbonyl (C=O) groups is 2. The third-order valence-corrected chi connectivity index (χ3v) is 6.29. The summed E-state index contributed by atoms with van der Waals surface area (Å²) in [6.07, 6.45) is 2.47. The lowest BCUT2D eigenvalue weighted by Gasteiger charge is -2.21. The van der Waals surface area contributed by atoms with Crippen LogP contribution in [0.2, 0.25) is 10.0 Å². The van der Waals surface area contributed by atoms with E-state index in [9.17, 15) is 14.7 Å². The Hall–Kier alpha value is -3.39. The second kappa shape index (κ2) is 11.4. The maximum absolute atomic E-state index is 13.1. The zero-order chi connectivity index (χ0) is 24.8. The number of benzene rings is 2. The van der Waals surface area contributed by atoms with Crippen LogP contribution in [0.25, 0.3) is 11.0 Å². The highest BCUT2D eigenvalue weighted by Crippen LogP contribution is 2.23. The van der Waals surface area contributed by atoms with Gasteiger partial charge in [0.15, 0.2) is 0 Å². The summed E-state index contributed by atoms with van der Waals surface area (Å²) < 4.78 is 0. The van der Waals surface area contributed by atoms with Gasteiger partial charge in [0.05, 0.1) is 10.0 Å². The highest BCUT2D eigenvalue weighted by molar-refractivity contribution is 6.42. The first kappa shape index (κ1) is 24.7. The molecule has 2 atom stereocenters. The van der Waals surface area contributed by atoms with Gasteiger partial charge in [0, 0.05) is 37.2 Å². The van der Waals surface area contributed by atoms with Gasteiger partial charge in [-0.15, -0.1) is 0 Å². The smallest absolute Gasteiger partial charge is 0.249 e. The van der Waals surface area contributed by atoms with Crippen molar-refractivity contribution in [2.24, 2.45) is 0 Å². The molecule has 35 heavy (non-hydrogen) atoms. The molecular weight excluding hydrogens is 487 g/mol. The Kier molecular flexibility index (Phi) is 8.02. The third-order valence-electron chi connectivity index (χ3n) is 5.55. The molecule has 2 aromatic heterocycles. The first-order valence-electron chi connectivity index (χ1n) is 11.0. The molecule has 0 saturated heterocycles.